The zero-order chi connectivity index (χ0) is 20.9. The Balaban J connectivity index is 1.73. The Morgan fingerprint density at radius 1 is 0.967 bits per heavy atom. The maximum absolute atomic E-state index is 11.3. The lowest BCUT2D eigenvalue weighted by atomic mass is 10.2. The number of hydrogen-bond donors (Lipinski definition) is 0. The Morgan fingerprint density at radius 3 is 2.37 bits per heavy atom. The lowest BCUT2D eigenvalue weighted by Gasteiger charge is -2.11. The summed E-state index contributed by atoms with van der Waals surface area (Å²) in [6, 6.07) is 24.1. The topological polar surface area (TPSA) is 83.1 Å². The first-order valence-electron chi connectivity index (χ1n) is 9.17. The van der Waals surface area contributed by atoms with Crippen LogP contribution in [0, 0.1) is 10.1 Å². The summed E-state index contributed by atoms with van der Waals surface area (Å²) < 4.78 is 7.22. The van der Waals surface area contributed by atoms with E-state index in [9.17, 15) is 10.1 Å². The van der Waals surface area contributed by atoms with Gasteiger partial charge in [0.25, 0.3) is 5.69 Å². The van der Waals surface area contributed by atoms with E-state index in [1.807, 2.05) is 59.2 Å². The first kappa shape index (κ1) is 19.7. The molecule has 0 unspecified atom stereocenters. The number of nitrogens with zero attached hydrogens (tertiary/aromatic N) is 4. The Morgan fingerprint density at radius 2 is 1.67 bits per heavy atom. The molecule has 0 aliphatic rings. The van der Waals surface area contributed by atoms with Gasteiger partial charge in [-0.1, -0.05) is 60.3 Å². The molecule has 0 amide bonds. The molecule has 0 aliphatic carbocycles. The fourth-order valence-electron chi connectivity index (χ4n) is 3.05. The average Bonchev–Trinajstić information content (AvgIpc) is 3.22. The molecule has 0 aliphatic heterocycles. The highest BCUT2D eigenvalue weighted by molar-refractivity contribution is 7.98. The van der Waals surface area contributed by atoms with Crippen LogP contribution in [0.3, 0.4) is 0 Å². The van der Waals surface area contributed by atoms with Crippen molar-refractivity contribution in [1.29, 1.82) is 0 Å². The van der Waals surface area contributed by atoms with E-state index in [4.69, 9.17) is 4.74 Å². The average molecular weight is 418 g/mol. The summed E-state index contributed by atoms with van der Waals surface area (Å²) in [5, 5.41) is 20.8. The minimum Gasteiger partial charge on any atom is -0.497 e. The van der Waals surface area contributed by atoms with E-state index < -0.39 is 0 Å². The molecule has 0 N–H and O–H groups in total. The van der Waals surface area contributed by atoms with Gasteiger partial charge in [0, 0.05) is 28.6 Å². The first-order valence-corrected chi connectivity index (χ1v) is 10.2. The molecule has 0 fully saturated rings. The zero-order valence-corrected chi connectivity index (χ0v) is 17.0. The Hall–Kier alpha value is -3.65. The van der Waals surface area contributed by atoms with Crippen molar-refractivity contribution in [1.82, 2.24) is 14.8 Å². The van der Waals surface area contributed by atoms with Crippen LogP contribution in [0.25, 0.3) is 17.1 Å². The van der Waals surface area contributed by atoms with Gasteiger partial charge in [0.15, 0.2) is 11.0 Å². The standard InChI is InChI=1S/C22H18N4O3S/c1-29-19-13-11-18(12-14-19)25-21(16-7-3-2-4-8-16)23-24-22(25)30-15-17-9-5-6-10-20(17)26(27)28/h2-14H,15H2,1H3. The normalized spacial score (nSPS) is 10.7. The minimum atomic E-state index is -0.362. The van der Waals surface area contributed by atoms with Crippen LogP contribution >= 0.6 is 11.8 Å². The van der Waals surface area contributed by atoms with Crippen molar-refractivity contribution in [2.24, 2.45) is 0 Å². The number of thioether (sulfide) groups is 1. The van der Waals surface area contributed by atoms with Crippen LogP contribution in [0.4, 0.5) is 5.69 Å². The maximum atomic E-state index is 11.3. The molecule has 4 aromatic rings. The number of methoxy groups -OCH3 is 1. The van der Waals surface area contributed by atoms with Crippen molar-refractivity contribution in [3.05, 3.63) is 94.5 Å². The molecule has 3 aromatic carbocycles. The highest BCUT2D eigenvalue weighted by Crippen LogP contribution is 2.32. The number of ether oxygens (including phenoxy) is 1. The first-order chi connectivity index (χ1) is 14.7. The largest absolute Gasteiger partial charge is 0.497 e. The second kappa shape index (κ2) is 8.79. The van der Waals surface area contributed by atoms with Crippen molar-refractivity contribution in [2.45, 2.75) is 10.9 Å². The second-order valence-electron chi connectivity index (χ2n) is 6.38. The summed E-state index contributed by atoms with van der Waals surface area (Å²) in [5.41, 5.74) is 2.55. The molecule has 4 rings (SSSR count). The number of nitro groups is 1. The third kappa shape index (κ3) is 4.04. The highest BCUT2D eigenvalue weighted by Gasteiger charge is 2.18. The fourth-order valence-corrected chi connectivity index (χ4v) is 4.00. The summed E-state index contributed by atoms with van der Waals surface area (Å²) in [5.74, 6) is 1.85. The monoisotopic (exact) mass is 418 g/mol. The van der Waals surface area contributed by atoms with Gasteiger partial charge >= 0.3 is 0 Å². The van der Waals surface area contributed by atoms with Crippen LogP contribution < -0.4 is 4.74 Å². The van der Waals surface area contributed by atoms with E-state index in [-0.39, 0.29) is 10.6 Å². The molecular formula is C22H18N4O3S. The molecule has 0 spiro atoms. The van der Waals surface area contributed by atoms with Crippen LogP contribution in [-0.2, 0) is 5.75 Å². The number of para-hydroxylation sites is 1. The number of benzene rings is 3. The molecule has 7 nitrogen and oxygen atoms in total. The number of nitro benzene ring substituents is 1. The van der Waals surface area contributed by atoms with Gasteiger partial charge in [-0.3, -0.25) is 14.7 Å². The predicted molar refractivity (Wildman–Crippen MR) is 116 cm³/mol. The SMILES string of the molecule is COc1ccc(-n2c(SCc3ccccc3[N+](=O)[O-])nnc2-c2ccccc2)cc1. The van der Waals surface area contributed by atoms with Crippen LogP contribution in [0.5, 0.6) is 5.75 Å². The lowest BCUT2D eigenvalue weighted by molar-refractivity contribution is -0.385. The van der Waals surface area contributed by atoms with Crippen LogP contribution in [0.15, 0.2) is 84.0 Å². The van der Waals surface area contributed by atoms with E-state index in [1.165, 1.54) is 17.8 Å². The quantitative estimate of drug-likeness (QED) is 0.235. The molecule has 1 aromatic heterocycles. The maximum Gasteiger partial charge on any atom is 0.273 e. The van der Waals surface area contributed by atoms with E-state index in [0.717, 1.165) is 17.0 Å². The molecule has 150 valence electrons. The molecular weight excluding hydrogens is 400 g/mol. The van der Waals surface area contributed by atoms with Crippen molar-refractivity contribution in [3.63, 3.8) is 0 Å². The van der Waals surface area contributed by atoms with Gasteiger partial charge in [-0.05, 0) is 24.3 Å². The number of rotatable bonds is 7. The van der Waals surface area contributed by atoms with Gasteiger partial charge in [0.2, 0.25) is 0 Å². The molecule has 0 bridgehead atoms. The van der Waals surface area contributed by atoms with Gasteiger partial charge in [-0.25, -0.2) is 0 Å². The van der Waals surface area contributed by atoms with E-state index in [2.05, 4.69) is 10.2 Å². The summed E-state index contributed by atoms with van der Waals surface area (Å²) in [7, 11) is 1.62. The second-order valence-corrected chi connectivity index (χ2v) is 7.32. The van der Waals surface area contributed by atoms with Gasteiger partial charge in [0.05, 0.1) is 12.0 Å². The summed E-state index contributed by atoms with van der Waals surface area (Å²) >= 11 is 1.41. The molecule has 0 radical (unpaired) electrons. The Kier molecular flexibility index (Phi) is 5.76. The summed E-state index contributed by atoms with van der Waals surface area (Å²) in [6.07, 6.45) is 0. The summed E-state index contributed by atoms with van der Waals surface area (Å²) in [4.78, 5) is 11.0. The summed E-state index contributed by atoms with van der Waals surface area (Å²) in [6.45, 7) is 0. The molecule has 1 heterocycles. The third-order valence-corrected chi connectivity index (χ3v) is 5.52. The smallest absolute Gasteiger partial charge is 0.273 e. The molecule has 0 saturated carbocycles. The minimum absolute atomic E-state index is 0.101. The van der Waals surface area contributed by atoms with Gasteiger partial charge in [0.1, 0.15) is 5.75 Å². The van der Waals surface area contributed by atoms with Crippen LogP contribution in [0.1, 0.15) is 5.56 Å². The molecule has 0 saturated heterocycles. The van der Waals surface area contributed by atoms with Crippen LogP contribution in [-0.4, -0.2) is 26.8 Å². The molecule has 30 heavy (non-hydrogen) atoms. The van der Waals surface area contributed by atoms with Crippen LogP contribution in [0.2, 0.25) is 0 Å². The number of hydrogen-bond acceptors (Lipinski definition) is 6. The molecule has 8 heteroatoms. The van der Waals surface area contributed by atoms with Crippen molar-refractivity contribution >= 4 is 17.4 Å². The fraction of sp³-hybridized carbons (Fsp3) is 0.0909. The van der Waals surface area contributed by atoms with Crippen molar-refractivity contribution in [2.75, 3.05) is 7.11 Å². The zero-order valence-electron chi connectivity index (χ0n) is 16.1. The van der Waals surface area contributed by atoms with Gasteiger partial charge < -0.3 is 4.74 Å². The van der Waals surface area contributed by atoms with E-state index in [0.29, 0.717) is 22.3 Å². The van der Waals surface area contributed by atoms with Gasteiger partial charge in [-0.15, -0.1) is 10.2 Å². The van der Waals surface area contributed by atoms with E-state index >= 15 is 0 Å². The highest BCUT2D eigenvalue weighted by atomic mass is 32.2. The predicted octanol–water partition coefficient (Wildman–Crippen LogP) is 5.14. The van der Waals surface area contributed by atoms with Gasteiger partial charge in [-0.2, -0.15) is 0 Å². The molecule has 0 atom stereocenters. The Labute approximate surface area is 177 Å². The number of aromatic nitrogens is 3. The van der Waals surface area contributed by atoms with Crippen molar-refractivity contribution in [3.8, 4) is 22.8 Å². The van der Waals surface area contributed by atoms with E-state index in [1.54, 1.807) is 25.3 Å². The van der Waals surface area contributed by atoms with Crippen molar-refractivity contribution < 1.29 is 9.66 Å². The lowest BCUT2D eigenvalue weighted by Crippen LogP contribution is -2.00. The Bertz CT molecular complexity index is 1160. The third-order valence-electron chi connectivity index (χ3n) is 4.54.